The number of nitro benzene ring substituents is 1. The van der Waals surface area contributed by atoms with Crippen LogP contribution in [0.2, 0.25) is 0 Å². The van der Waals surface area contributed by atoms with Gasteiger partial charge in [-0.1, -0.05) is 6.92 Å². The minimum absolute atomic E-state index is 0.356. The largest absolute Gasteiger partial charge is 0.477 e. The molecule has 0 fully saturated rings. The maximum absolute atomic E-state index is 10.9. The second kappa shape index (κ2) is 6.69. The summed E-state index contributed by atoms with van der Waals surface area (Å²) in [6.07, 6.45) is 0.752. The number of aliphatic hydroxyl groups excluding tert-OH is 1. The van der Waals surface area contributed by atoms with Crippen LogP contribution in [0.25, 0.3) is 0 Å². The molecule has 19 heavy (non-hydrogen) atoms. The molecule has 0 amide bonds. The number of benzene rings is 1. The minimum Gasteiger partial charge on any atom is -0.477 e. The van der Waals surface area contributed by atoms with Crippen LogP contribution >= 0.6 is 0 Å². The number of carboxylic acid groups (broad SMARTS) is 1. The van der Waals surface area contributed by atoms with Gasteiger partial charge in [0.2, 0.25) is 0 Å². The first-order chi connectivity index (χ1) is 8.95. The Kier molecular flexibility index (Phi) is 5.25. The van der Waals surface area contributed by atoms with Gasteiger partial charge in [0.05, 0.1) is 11.0 Å². The van der Waals surface area contributed by atoms with Crippen LogP contribution in [0.1, 0.15) is 30.1 Å². The van der Waals surface area contributed by atoms with E-state index in [1.54, 1.807) is 0 Å². The molecule has 0 saturated carbocycles. The summed E-state index contributed by atoms with van der Waals surface area (Å²) in [4.78, 5) is 20.9. The summed E-state index contributed by atoms with van der Waals surface area (Å²) in [5, 5.41) is 31.9. The molecule has 7 nitrogen and oxygen atoms in total. The van der Waals surface area contributed by atoms with E-state index < -0.39 is 22.7 Å². The van der Waals surface area contributed by atoms with Gasteiger partial charge < -0.3 is 15.5 Å². The Morgan fingerprint density at radius 1 is 1.53 bits per heavy atom. The van der Waals surface area contributed by atoms with Crippen molar-refractivity contribution >= 4 is 17.3 Å². The quantitative estimate of drug-likeness (QED) is 0.514. The number of rotatable bonds is 7. The van der Waals surface area contributed by atoms with Gasteiger partial charge in [0, 0.05) is 18.3 Å². The van der Waals surface area contributed by atoms with E-state index in [1.807, 2.05) is 6.92 Å². The third kappa shape index (κ3) is 4.22. The van der Waals surface area contributed by atoms with Gasteiger partial charge in [-0.15, -0.1) is 0 Å². The smallest absolute Gasteiger partial charge is 0.342 e. The summed E-state index contributed by atoms with van der Waals surface area (Å²) in [6.45, 7) is 2.32. The average molecular weight is 268 g/mol. The first-order valence-corrected chi connectivity index (χ1v) is 5.89. The molecule has 0 aliphatic heterocycles. The number of anilines is 1. The highest BCUT2D eigenvalue weighted by atomic mass is 16.6. The van der Waals surface area contributed by atoms with Crippen LogP contribution in [0, 0.1) is 10.1 Å². The lowest BCUT2D eigenvalue weighted by Crippen LogP contribution is -2.12. The number of hydrogen-bond acceptors (Lipinski definition) is 5. The van der Waals surface area contributed by atoms with Gasteiger partial charge >= 0.3 is 5.97 Å². The van der Waals surface area contributed by atoms with Crippen LogP contribution < -0.4 is 5.32 Å². The maximum atomic E-state index is 10.9. The topological polar surface area (TPSA) is 113 Å². The Balaban J connectivity index is 2.79. The first-order valence-electron chi connectivity index (χ1n) is 5.89. The van der Waals surface area contributed by atoms with E-state index in [0.717, 1.165) is 6.07 Å². The fourth-order valence-electron chi connectivity index (χ4n) is 1.56. The third-order valence-corrected chi connectivity index (χ3v) is 2.70. The highest BCUT2D eigenvalue weighted by Crippen LogP contribution is 2.22. The van der Waals surface area contributed by atoms with E-state index in [-0.39, 0.29) is 5.56 Å². The summed E-state index contributed by atoms with van der Waals surface area (Å²) in [6, 6.07) is 3.82. The Bertz CT molecular complexity index is 475. The van der Waals surface area contributed by atoms with Crippen molar-refractivity contribution in [2.75, 3.05) is 11.9 Å². The molecular formula is C12H16N2O5. The first kappa shape index (κ1) is 14.9. The Hall–Kier alpha value is -2.15. The van der Waals surface area contributed by atoms with Crippen LogP contribution in [0.15, 0.2) is 18.2 Å². The molecule has 1 aromatic rings. The number of carbonyl (C=O) groups is 1. The number of aliphatic hydroxyl groups is 1. The van der Waals surface area contributed by atoms with E-state index >= 15 is 0 Å². The van der Waals surface area contributed by atoms with E-state index in [1.165, 1.54) is 12.1 Å². The van der Waals surface area contributed by atoms with Crippen LogP contribution in [-0.2, 0) is 0 Å². The molecule has 1 rings (SSSR count). The number of hydrogen-bond donors (Lipinski definition) is 3. The molecule has 1 unspecified atom stereocenters. The SMILES string of the molecule is CCC(O)CCNc1ccc([N+](=O)[O-])c(C(=O)O)c1. The molecule has 7 heteroatoms. The molecule has 0 spiro atoms. The molecule has 0 aliphatic rings. The van der Waals surface area contributed by atoms with E-state index in [0.29, 0.717) is 25.1 Å². The molecule has 3 N–H and O–H groups in total. The van der Waals surface area contributed by atoms with E-state index in [4.69, 9.17) is 5.11 Å². The zero-order valence-electron chi connectivity index (χ0n) is 10.5. The highest BCUT2D eigenvalue weighted by Gasteiger charge is 2.19. The number of aromatic carboxylic acids is 1. The molecule has 104 valence electrons. The minimum atomic E-state index is -1.34. The highest BCUT2D eigenvalue weighted by molar-refractivity contribution is 5.93. The predicted octanol–water partition coefficient (Wildman–Crippen LogP) is 1.87. The predicted molar refractivity (Wildman–Crippen MR) is 69.5 cm³/mol. The van der Waals surface area contributed by atoms with Crippen molar-refractivity contribution in [3.63, 3.8) is 0 Å². The van der Waals surface area contributed by atoms with Gasteiger partial charge in [0.25, 0.3) is 5.69 Å². The second-order valence-electron chi connectivity index (χ2n) is 4.07. The van der Waals surface area contributed by atoms with Crippen molar-refractivity contribution in [2.24, 2.45) is 0 Å². The molecule has 1 atom stereocenters. The van der Waals surface area contributed by atoms with Gasteiger partial charge in [-0.05, 0) is 25.0 Å². The summed E-state index contributed by atoms with van der Waals surface area (Å²) < 4.78 is 0. The van der Waals surface area contributed by atoms with Crippen molar-refractivity contribution < 1.29 is 19.9 Å². The molecule has 0 aliphatic carbocycles. The summed E-state index contributed by atoms with van der Waals surface area (Å²) >= 11 is 0. The fraction of sp³-hybridized carbons (Fsp3) is 0.417. The summed E-state index contributed by atoms with van der Waals surface area (Å²) in [5.74, 6) is -1.34. The molecule has 0 aromatic heterocycles. The normalized spacial score (nSPS) is 11.9. The lowest BCUT2D eigenvalue weighted by atomic mass is 10.1. The van der Waals surface area contributed by atoms with Gasteiger partial charge in [0.1, 0.15) is 5.56 Å². The van der Waals surface area contributed by atoms with Crippen molar-refractivity contribution in [2.45, 2.75) is 25.9 Å². The third-order valence-electron chi connectivity index (χ3n) is 2.70. The molecule has 0 heterocycles. The standard InChI is InChI=1S/C12H16N2O5/c1-2-9(15)5-6-13-8-3-4-11(14(18)19)10(7-8)12(16)17/h3-4,7,9,13,15H,2,5-6H2,1H3,(H,16,17). The Labute approximate surface area is 110 Å². The van der Waals surface area contributed by atoms with Crippen LogP contribution in [0.4, 0.5) is 11.4 Å². The lowest BCUT2D eigenvalue weighted by Gasteiger charge is -2.10. The Morgan fingerprint density at radius 2 is 2.21 bits per heavy atom. The molecule has 0 radical (unpaired) electrons. The van der Waals surface area contributed by atoms with Crippen LogP contribution in [-0.4, -0.2) is 33.8 Å². The maximum Gasteiger partial charge on any atom is 0.342 e. The average Bonchev–Trinajstić information content (AvgIpc) is 2.38. The second-order valence-corrected chi connectivity index (χ2v) is 4.07. The molecule has 1 aromatic carbocycles. The fourth-order valence-corrected chi connectivity index (χ4v) is 1.56. The van der Waals surface area contributed by atoms with Crippen molar-refractivity contribution in [3.8, 4) is 0 Å². The van der Waals surface area contributed by atoms with Crippen LogP contribution in [0.3, 0.4) is 0 Å². The zero-order chi connectivity index (χ0) is 14.4. The van der Waals surface area contributed by atoms with Gasteiger partial charge in [-0.25, -0.2) is 4.79 Å². The summed E-state index contributed by atoms with van der Waals surface area (Å²) in [5.41, 5.74) is -0.316. The summed E-state index contributed by atoms with van der Waals surface area (Å²) in [7, 11) is 0. The van der Waals surface area contributed by atoms with Gasteiger partial charge in [0.15, 0.2) is 0 Å². The zero-order valence-corrected chi connectivity index (χ0v) is 10.5. The number of nitrogens with one attached hydrogen (secondary N) is 1. The number of nitrogens with zero attached hydrogens (tertiary/aromatic N) is 1. The van der Waals surface area contributed by atoms with Gasteiger partial charge in [-0.3, -0.25) is 10.1 Å². The van der Waals surface area contributed by atoms with Crippen molar-refractivity contribution in [1.29, 1.82) is 0 Å². The lowest BCUT2D eigenvalue weighted by molar-refractivity contribution is -0.385. The van der Waals surface area contributed by atoms with Crippen LogP contribution in [0.5, 0.6) is 0 Å². The molecule has 0 saturated heterocycles. The Morgan fingerprint density at radius 3 is 2.74 bits per heavy atom. The van der Waals surface area contributed by atoms with Gasteiger partial charge in [-0.2, -0.15) is 0 Å². The number of nitro groups is 1. The van der Waals surface area contributed by atoms with E-state index in [2.05, 4.69) is 5.32 Å². The van der Waals surface area contributed by atoms with Crippen molar-refractivity contribution in [3.05, 3.63) is 33.9 Å². The number of carboxylic acids is 1. The van der Waals surface area contributed by atoms with E-state index in [9.17, 15) is 20.0 Å². The monoisotopic (exact) mass is 268 g/mol. The molecule has 0 bridgehead atoms. The molecular weight excluding hydrogens is 252 g/mol. The van der Waals surface area contributed by atoms with Crippen molar-refractivity contribution in [1.82, 2.24) is 0 Å².